The Balaban J connectivity index is 2.76. The number of nitrogens with zero attached hydrogens (tertiary/aromatic N) is 3. The summed E-state index contributed by atoms with van der Waals surface area (Å²) in [7, 11) is 0. The minimum atomic E-state index is 0.190. The quantitative estimate of drug-likeness (QED) is 0.574. The molecule has 4 nitrogen and oxygen atoms in total. The van der Waals surface area contributed by atoms with Crippen molar-refractivity contribution in [1.29, 1.82) is 5.26 Å². The molecule has 2 aromatic heterocycles. The Morgan fingerprint density at radius 1 is 1.67 bits per heavy atom. The maximum Gasteiger partial charge on any atom is 0.150 e. The van der Waals surface area contributed by atoms with Crippen LogP contribution in [0.5, 0.6) is 0 Å². The van der Waals surface area contributed by atoms with E-state index < -0.39 is 0 Å². The number of rotatable bonds is 2. The van der Waals surface area contributed by atoms with E-state index in [1.807, 2.05) is 6.07 Å². The predicted molar refractivity (Wildman–Crippen MR) is 55.7 cm³/mol. The van der Waals surface area contributed by atoms with Crippen molar-refractivity contribution in [3.63, 3.8) is 0 Å². The van der Waals surface area contributed by atoms with Gasteiger partial charge in [-0.25, -0.2) is 4.98 Å². The molecule has 0 saturated heterocycles. The molecule has 0 aliphatic rings. The van der Waals surface area contributed by atoms with E-state index in [9.17, 15) is 4.79 Å². The average Bonchev–Trinajstić information content (AvgIpc) is 2.61. The van der Waals surface area contributed by atoms with Crippen LogP contribution in [-0.2, 0) is 6.54 Å². The second kappa shape index (κ2) is 3.71. The van der Waals surface area contributed by atoms with Gasteiger partial charge in [0.15, 0.2) is 6.29 Å². The molecular weight excluding hydrogens is 214 g/mol. The summed E-state index contributed by atoms with van der Waals surface area (Å²) in [5.41, 5.74) is 1.05. The van der Waals surface area contributed by atoms with Gasteiger partial charge in [0.1, 0.15) is 17.3 Å². The fourth-order valence-electron chi connectivity index (χ4n) is 1.45. The molecule has 2 aromatic rings. The molecule has 0 bridgehead atoms. The third-order valence-corrected chi connectivity index (χ3v) is 2.29. The van der Waals surface area contributed by atoms with E-state index >= 15 is 0 Å². The highest BCUT2D eigenvalue weighted by molar-refractivity contribution is 6.30. The smallest absolute Gasteiger partial charge is 0.150 e. The van der Waals surface area contributed by atoms with Crippen LogP contribution in [-0.4, -0.2) is 15.8 Å². The Labute approximate surface area is 90.7 Å². The van der Waals surface area contributed by atoms with E-state index in [0.717, 1.165) is 6.29 Å². The van der Waals surface area contributed by atoms with E-state index in [0.29, 0.717) is 16.6 Å². The van der Waals surface area contributed by atoms with Crippen LogP contribution in [0.3, 0.4) is 0 Å². The van der Waals surface area contributed by atoms with Gasteiger partial charge in [-0.1, -0.05) is 11.6 Å². The molecule has 0 N–H and O–H groups in total. The highest BCUT2D eigenvalue weighted by Gasteiger charge is 2.08. The number of aldehydes is 1. The Kier molecular flexibility index (Phi) is 2.40. The Morgan fingerprint density at radius 2 is 2.47 bits per heavy atom. The number of aromatic nitrogens is 2. The summed E-state index contributed by atoms with van der Waals surface area (Å²) in [6.07, 6.45) is 2.44. The molecule has 0 unspecified atom stereocenters. The van der Waals surface area contributed by atoms with E-state index in [4.69, 9.17) is 16.9 Å². The van der Waals surface area contributed by atoms with E-state index in [1.165, 1.54) is 6.07 Å². The van der Waals surface area contributed by atoms with E-state index in [1.54, 1.807) is 16.8 Å². The highest BCUT2D eigenvalue weighted by Crippen LogP contribution is 2.20. The summed E-state index contributed by atoms with van der Waals surface area (Å²) in [5, 5.41) is 9.56. The standard InChI is InChI=1S/C10H6ClN3O/c11-9-5-7(6-15)8-1-3-14(4-2-12)10(8)13-9/h1,3,5-6H,4H2. The van der Waals surface area contributed by atoms with Gasteiger partial charge in [0.2, 0.25) is 0 Å². The molecule has 0 saturated carbocycles. The van der Waals surface area contributed by atoms with Crippen molar-refractivity contribution in [2.75, 3.05) is 0 Å². The van der Waals surface area contributed by atoms with Crippen molar-refractivity contribution < 1.29 is 4.79 Å². The Bertz CT molecular complexity index is 568. The van der Waals surface area contributed by atoms with Crippen molar-refractivity contribution in [1.82, 2.24) is 9.55 Å². The lowest BCUT2D eigenvalue weighted by molar-refractivity contribution is 0.112. The number of pyridine rings is 1. The molecule has 2 rings (SSSR count). The maximum atomic E-state index is 10.8. The van der Waals surface area contributed by atoms with Gasteiger partial charge in [0, 0.05) is 17.1 Å². The number of hydrogen-bond acceptors (Lipinski definition) is 3. The van der Waals surface area contributed by atoms with Crippen LogP contribution >= 0.6 is 11.6 Å². The molecule has 0 amide bonds. The lowest BCUT2D eigenvalue weighted by atomic mass is 10.2. The molecule has 5 heteroatoms. The van der Waals surface area contributed by atoms with Crippen LogP contribution in [0.25, 0.3) is 11.0 Å². The number of fused-ring (bicyclic) bond motifs is 1. The first kappa shape index (κ1) is 9.69. The molecule has 0 aliphatic heterocycles. The third kappa shape index (κ3) is 1.58. The number of hydrogen-bond donors (Lipinski definition) is 0. The SMILES string of the molecule is N#CCn1ccc2c(C=O)cc(Cl)nc21. The molecule has 74 valence electrons. The fraction of sp³-hybridized carbons (Fsp3) is 0.100. The molecule has 0 atom stereocenters. The van der Waals surface area contributed by atoms with Crippen LogP contribution in [0.15, 0.2) is 18.3 Å². The molecule has 0 aromatic carbocycles. The predicted octanol–water partition coefficient (Wildman–Crippen LogP) is 2.03. The molecule has 15 heavy (non-hydrogen) atoms. The van der Waals surface area contributed by atoms with Crippen LogP contribution in [0, 0.1) is 11.3 Å². The Hall–Kier alpha value is -1.86. The monoisotopic (exact) mass is 219 g/mol. The van der Waals surface area contributed by atoms with Gasteiger partial charge in [0.05, 0.1) is 6.07 Å². The minimum Gasteiger partial charge on any atom is -0.319 e. The van der Waals surface area contributed by atoms with Crippen molar-refractivity contribution >= 4 is 28.9 Å². The third-order valence-electron chi connectivity index (χ3n) is 2.10. The van der Waals surface area contributed by atoms with Crippen molar-refractivity contribution in [2.24, 2.45) is 0 Å². The lowest BCUT2D eigenvalue weighted by Crippen LogP contribution is -1.96. The molecule has 0 fully saturated rings. The zero-order valence-electron chi connectivity index (χ0n) is 7.64. The number of carbonyl (C=O) groups is 1. The van der Waals surface area contributed by atoms with Crippen LogP contribution < -0.4 is 0 Å². The van der Waals surface area contributed by atoms with Gasteiger partial charge >= 0.3 is 0 Å². The molecule has 0 spiro atoms. The summed E-state index contributed by atoms with van der Waals surface area (Å²) >= 11 is 5.77. The van der Waals surface area contributed by atoms with E-state index in [2.05, 4.69) is 4.98 Å². The first-order valence-corrected chi connectivity index (χ1v) is 4.61. The van der Waals surface area contributed by atoms with Gasteiger partial charge in [-0.2, -0.15) is 5.26 Å². The van der Waals surface area contributed by atoms with Gasteiger partial charge in [-0.15, -0.1) is 0 Å². The normalized spacial score (nSPS) is 10.1. The van der Waals surface area contributed by atoms with Gasteiger partial charge in [-0.05, 0) is 12.1 Å². The summed E-state index contributed by atoms with van der Waals surface area (Å²) in [6, 6.07) is 5.27. The zero-order valence-corrected chi connectivity index (χ0v) is 8.40. The van der Waals surface area contributed by atoms with Crippen LogP contribution in [0.2, 0.25) is 5.15 Å². The number of carbonyl (C=O) groups excluding carboxylic acids is 1. The second-order valence-electron chi connectivity index (χ2n) is 2.99. The fourth-order valence-corrected chi connectivity index (χ4v) is 1.65. The number of halogens is 1. The summed E-state index contributed by atoms with van der Waals surface area (Å²) in [6.45, 7) is 0.190. The van der Waals surface area contributed by atoms with Crippen molar-refractivity contribution in [3.8, 4) is 6.07 Å². The molecule has 2 heterocycles. The number of nitriles is 1. The lowest BCUT2D eigenvalue weighted by Gasteiger charge is -2.00. The van der Waals surface area contributed by atoms with Crippen LogP contribution in [0.1, 0.15) is 10.4 Å². The maximum absolute atomic E-state index is 10.8. The topological polar surface area (TPSA) is 58.7 Å². The average molecular weight is 220 g/mol. The molecular formula is C10H6ClN3O. The summed E-state index contributed by atoms with van der Waals surface area (Å²) in [4.78, 5) is 14.9. The molecule has 0 aliphatic carbocycles. The summed E-state index contributed by atoms with van der Waals surface area (Å²) in [5.74, 6) is 0. The molecule has 0 radical (unpaired) electrons. The van der Waals surface area contributed by atoms with E-state index in [-0.39, 0.29) is 11.7 Å². The van der Waals surface area contributed by atoms with Crippen LogP contribution in [0.4, 0.5) is 0 Å². The van der Waals surface area contributed by atoms with Gasteiger partial charge in [0.25, 0.3) is 0 Å². The summed E-state index contributed by atoms with van der Waals surface area (Å²) < 4.78 is 1.65. The highest BCUT2D eigenvalue weighted by atomic mass is 35.5. The zero-order chi connectivity index (χ0) is 10.8. The van der Waals surface area contributed by atoms with Gasteiger partial charge < -0.3 is 4.57 Å². The second-order valence-corrected chi connectivity index (χ2v) is 3.38. The largest absolute Gasteiger partial charge is 0.319 e. The van der Waals surface area contributed by atoms with Gasteiger partial charge in [-0.3, -0.25) is 4.79 Å². The van der Waals surface area contributed by atoms with Crippen molar-refractivity contribution in [3.05, 3.63) is 29.0 Å². The Morgan fingerprint density at radius 3 is 3.13 bits per heavy atom. The first-order valence-electron chi connectivity index (χ1n) is 4.24. The van der Waals surface area contributed by atoms with Crippen molar-refractivity contribution in [2.45, 2.75) is 6.54 Å². The minimum absolute atomic E-state index is 0.190. The first-order chi connectivity index (χ1) is 7.26.